The molecule has 1 aliphatic heterocycles. The second-order valence-corrected chi connectivity index (χ2v) is 12.4. The molecule has 4 bridgehead atoms. The summed E-state index contributed by atoms with van der Waals surface area (Å²) in [5.41, 5.74) is 0.451. The molecule has 1 unspecified atom stereocenters. The molecule has 198 valence electrons. The zero-order chi connectivity index (χ0) is 25.7. The Labute approximate surface area is 218 Å². The summed E-state index contributed by atoms with van der Waals surface area (Å²) in [6.07, 6.45) is 12.9. The van der Waals surface area contributed by atoms with Gasteiger partial charge in [0.15, 0.2) is 0 Å². The number of anilines is 1. The van der Waals surface area contributed by atoms with Crippen LogP contribution in [0.5, 0.6) is 0 Å². The molecule has 3 amide bonds. The molecule has 1 aromatic carbocycles. The number of nitrogens with zero attached hydrogens (tertiary/aromatic N) is 2. The van der Waals surface area contributed by atoms with Gasteiger partial charge in [-0.3, -0.25) is 14.4 Å². The van der Waals surface area contributed by atoms with Crippen LogP contribution in [0.2, 0.25) is 0 Å². The van der Waals surface area contributed by atoms with Crippen molar-refractivity contribution < 1.29 is 23.9 Å². The second-order valence-electron chi connectivity index (χ2n) is 12.4. The Kier molecular flexibility index (Phi) is 6.36. The van der Waals surface area contributed by atoms with Gasteiger partial charge in [-0.25, -0.2) is 9.69 Å². The lowest BCUT2D eigenvalue weighted by Crippen LogP contribution is -2.60. The number of hydrogen-bond donors (Lipinski definition) is 0. The minimum atomic E-state index is -0.739. The van der Waals surface area contributed by atoms with Gasteiger partial charge in [0, 0.05) is 6.04 Å². The molecule has 5 aliphatic carbocycles. The first-order valence-corrected chi connectivity index (χ1v) is 14.3. The van der Waals surface area contributed by atoms with Gasteiger partial charge in [-0.05, 0) is 93.4 Å². The van der Waals surface area contributed by atoms with E-state index < -0.39 is 12.0 Å². The fourth-order valence-corrected chi connectivity index (χ4v) is 8.71. The van der Waals surface area contributed by atoms with E-state index in [-0.39, 0.29) is 35.6 Å². The van der Waals surface area contributed by atoms with Crippen molar-refractivity contribution in [3.8, 4) is 0 Å². The molecule has 1 atom stereocenters. The van der Waals surface area contributed by atoms with Crippen LogP contribution in [0, 0.1) is 23.2 Å². The summed E-state index contributed by atoms with van der Waals surface area (Å²) >= 11 is 0. The summed E-state index contributed by atoms with van der Waals surface area (Å²) in [6, 6.07) is 5.64. The molecular weight excluding hydrogens is 468 g/mol. The van der Waals surface area contributed by atoms with Gasteiger partial charge in [0.1, 0.15) is 6.04 Å². The molecule has 7 heteroatoms. The van der Waals surface area contributed by atoms with Gasteiger partial charge in [-0.15, -0.1) is 0 Å². The van der Waals surface area contributed by atoms with Crippen molar-refractivity contribution in [2.45, 2.75) is 95.6 Å². The van der Waals surface area contributed by atoms with Crippen LogP contribution in [0.1, 0.15) is 93.8 Å². The number of amides is 3. The highest BCUT2D eigenvalue weighted by molar-refractivity contribution is 6.23. The molecule has 7 nitrogen and oxygen atoms in total. The number of carbonyl (C=O) groups is 4. The fraction of sp³-hybridized carbons (Fsp3) is 0.667. The Morgan fingerprint density at radius 3 is 2.00 bits per heavy atom. The maximum Gasteiger partial charge on any atom is 0.337 e. The third-order valence-electron chi connectivity index (χ3n) is 9.95. The molecule has 0 N–H and O–H groups in total. The van der Waals surface area contributed by atoms with Gasteiger partial charge in [0.05, 0.1) is 30.2 Å². The predicted molar refractivity (Wildman–Crippen MR) is 138 cm³/mol. The minimum Gasteiger partial charge on any atom is -0.465 e. The van der Waals surface area contributed by atoms with E-state index in [1.165, 1.54) is 31.3 Å². The van der Waals surface area contributed by atoms with Crippen molar-refractivity contribution in [1.82, 2.24) is 4.90 Å². The number of esters is 1. The van der Waals surface area contributed by atoms with Gasteiger partial charge in [-0.1, -0.05) is 25.7 Å². The van der Waals surface area contributed by atoms with Crippen molar-refractivity contribution >= 4 is 29.4 Å². The third-order valence-corrected chi connectivity index (χ3v) is 9.95. The Bertz CT molecular complexity index is 1050. The molecule has 5 saturated carbocycles. The number of ether oxygens (including phenoxy) is 1. The molecule has 0 spiro atoms. The largest absolute Gasteiger partial charge is 0.465 e. The van der Waals surface area contributed by atoms with Crippen molar-refractivity contribution in [3.63, 3.8) is 0 Å². The summed E-state index contributed by atoms with van der Waals surface area (Å²) in [4.78, 5) is 56.8. The summed E-state index contributed by atoms with van der Waals surface area (Å²) in [5.74, 6) is 1.01. The van der Waals surface area contributed by atoms with Gasteiger partial charge >= 0.3 is 5.97 Å². The molecule has 1 saturated heterocycles. The van der Waals surface area contributed by atoms with E-state index in [9.17, 15) is 19.2 Å². The van der Waals surface area contributed by atoms with E-state index in [0.29, 0.717) is 29.0 Å². The Morgan fingerprint density at radius 1 is 0.892 bits per heavy atom. The second kappa shape index (κ2) is 9.55. The average molecular weight is 507 g/mol. The number of imide groups is 1. The number of methoxy groups -OCH3 is 1. The number of carbonyl (C=O) groups excluding carboxylic acids is 4. The van der Waals surface area contributed by atoms with Crippen molar-refractivity contribution in [2.75, 3.05) is 12.0 Å². The van der Waals surface area contributed by atoms with Crippen molar-refractivity contribution in [3.05, 3.63) is 29.8 Å². The Morgan fingerprint density at radius 2 is 1.46 bits per heavy atom. The van der Waals surface area contributed by atoms with E-state index in [4.69, 9.17) is 4.74 Å². The van der Waals surface area contributed by atoms with E-state index in [1.54, 1.807) is 24.3 Å². The van der Waals surface area contributed by atoms with E-state index >= 15 is 0 Å². The van der Waals surface area contributed by atoms with Gasteiger partial charge in [0.2, 0.25) is 11.8 Å². The maximum atomic E-state index is 14.6. The van der Waals surface area contributed by atoms with Crippen LogP contribution >= 0.6 is 0 Å². The first-order valence-electron chi connectivity index (χ1n) is 14.3. The highest BCUT2D eigenvalue weighted by Gasteiger charge is 2.58. The van der Waals surface area contributed by atoms with Crippen LogP contribution in [0.15, 0.2) is 24.3 Å². The lowest BCUT2D eigenvalue weighted by Gasteiger charge is -2.57. The topological polar surface area (TPSA) is 84.0 Å². The standard InChI is InChI=1S/C30H38N2O5/c1-37-28(35)22-8-10-24(11-9-22)32-26(33)15-25(27(32)34)31(23-6-4-2-3-5-7-23)29(36)30-16-19-12-20(17-30)14-21(13-19)18-30/h8-11,19-21,23,25H,2-7,12-18H2,1H3. The van der Waals surface area contributed by atoms with E-state index in [2.05, 4.69) is 0 Å². The summed E-state index contributed by atoms with van der Waals surface area (Å²) < 4.78 is 4.77. The highest BCUT2D eigenvalue weighted by Crippen LogP contribution is 2.61. The fourth-order valence-electron chi connectivity index (χ4n) is 8.71. The van der Waals surface area contributed by atoms with Gasteiger partial charge in [-0.2, -0.15) is 0 Å². The quantitative estimate of drug-likeness (QED) is 0.323. The lowest BCUT2D eigenvalue weighted by molar-refractivity contribution is -0.164. The van der Waals surface area contributed by atoms with Crippen LogP contribution in [0.25, 0.3) is 0 Å². The smallest absolute Gasteiger partial charge is 0.337 e. The molecular formula is C30H38N2O5. The molecule has 7 rings (SSSR count). The molecule has 0 aromatic heterocycles. The lowest BCUT2D eigenvalue weighted by atomic mass is 9.49. The zero-order valence-corrected chi connectivity index (χ0v) is 21.8. The predicted octanol–water partition coefficient (Wildman–Crippen LogP) is 4.87. The van der Waals surface area contributed by atoms with E-state index in [1.807, 2.05) is 4.90 Å². The van der Waals surface area contributed by atoms with Crippen LogP contribution in [-0.4, -0.2) is 47.8 Å². The molecule has 0 radical (unpaired) electrons. The third kappa shape index (κ3) is 4.28. The molecule has 6 aliphatic rings. The summed E-state index contributed by atoms with van der Waals surface area (Å²) in [6.45, 7) is 0. The first kappa shape index (κ1) is 24.6. The van der Waals surface area contributed by atoms with Gasteiger partial charge in [0.25, 0.3) is 5.91 Å². The highest BCUT2D eigenvalue weighted by atomic mass is 16.5. The number of rotatable bonds is 5. The van der Waals surface area contributed by atoms with Crippen LogP contribution in [-0.2, 0) is 19.1 Å². The molecule has 6 fully saturated rings. The SMILES string of the molecule is COC(=O)c1ccc(N2C(=O)CC(N(C(=O)C34CC5CC(CC(C5)C3)C4)C3CCCCCC3)C2=O)cc1. The van der Waals surface area contributed by atoms with Crippen LogP contribution < -0.4 is 4.90 Å². The minimum absolute atomic E-state index is 0.0198. The average Bonchev–Trinajstić information content (AvgIpc) is 3.04. The Balaban J connectivity index is 1.31. The number of hydrogen-bond acceptors (Lipinski definition) is 5. The van der Waals surface area contributed by atoms with E-state index in [0.717, 1.165) is 57.8 Å². The summed E-state index contributed by atoms with van der Waals surface area (Å²) in [7, 11) is 1.32. The van der Waals surface area contributed by atoms with Crippen molar-refractivity contribution in [2.24, 2.45) is 23.2 Å². The van der Waals surface area contributed by atoms with Gasteiger partial charge < -0.3 is 9.64 Å². The monoisotopic (exact) mass is 506 g/mol. The Hall–Kier alpha value is -2.70. The first-order chi connectivity index (χ1) is 17.9. The van der Waals surface area contributed by atoms with Crippen molar-refractivity contribution in [1.29, 1.82) is 0 Å². The van der Waals surface area contributed by atoms with Crippen LogP contribution in [0.3, 0.4) is 0 Å². The molecule has 37 heavy (non-hydrogen) atoms. The zero-order valence-electron chi connectivity index (χ0n) is 21.8. The number of benzene rings is 1. The summed E-state index contributed by atoms with van der Waals surface area (Å²) in [5, 5.41) is 0. The normalized spacial score (nSPS) is 33.5. The molecule has 1 heterocycles. The van der Waals surface area contributed by atoms with Crippen LogP contribution in [0.4, 0.5) is 5.69 Å². The maximum absolute atomic E-state index is 14.6. The molecule has 1 aromatic rings.